The van der Waals surface area contributed by atoms with Crippen molar-refractivity contribution in [3.63, 3.8) is 0 Å². The zero-order chi connectivity index (χ0) is 63.3. The molecule has 0 spiro atoms. The van der Waals surface area contributed by atoms with Gasteiger partial charge < -0.3 is 29.8 Å². The normalized spacial score (nSPS) is 16.0. The number of phosphoric acid groups is 1. The van der Waals surface area contributed by atoms with Gasteiger partial charge in [0.2, 0.25) is 28.6 Å². The number of hydrogen-bond donors (Lipinski definition) is 4. The van der Waals surface area contributed by atoms with Crippen molar-refractivity contribution in [3.8, 4) is 34.8 Å². The fraction of sp³-hybridized carbons (Fsp3) is 0.408. The molecule has 0 unspecified atom stereocenters. The predicted octanol–water partition coefficient (Wildman–Crippen LogP) is 6.96. The number of rotatable bonds is 21. The van der Waals surface area contributed by atoms with E-state index < -0.39 is 218 Å². The maximum absolute atomic E-state index is 15.8. The van der Waals surface area contributed by atoms with Crippen molar-refractivity contribution in [3.05, 3.63) is 93.0 Å². The van der Waals surface area contributed by atoms with E-state index in [0.29, 0.717) is 17.2 Å². The van der Waals surface area contributed by atoms with Gasteiger partial charge in [-0.05, 0) is 68.5 Å². The molecule has 0 aliphatic heterocycles. The van der Waals surface area contributed by atoms with E-state index >= 15 is 8.78 Å². The molecule has 85 heavy (non-hydrogen) atoms. The highest BCUT2D eigenvalue weighted by Crippen LogP contribution is 2.58. The second-order valence-corrected chi connectivity index (χ2v) is 25.7. The monoisotopic (exact) mass is 1290 g/mol. The fourth-order valence-corrected chi connectivity index (χ4v) is 10.5. The Morgan fingerprint density at radius 3 is 2.14 bits per heavy atom. The van der Waals surface area contributed by atoms with Crippen LogP contribution in [0.5, 0.6) is 0 Å². The molecule has 7 rings (SSSR count). The van der Waals surface area contributed by atoms with Gasteiger partial charge in [-0.2, -0.15) is 49.6 Å². The van der Waals surface area contributed by atoms with Gasteiger partial charge in [-0.15, -0.1) is 0 Å². The van der Waals surface area contributed by atoms with Crippen molar-refractivity contribution >= 4 is 79.9 Å². The molecule has 3 aromatic heterocycles. The largest absolute Gasteiger partial charge is 0.481 e. The minimum absolute atomic E-state index is 0.0497. The van der Waals surface area contributed by atoms with E-state index in [1.165, 1.54) is 13.8 Å². The number of nitrogens with zero attached hydrogens (tertiary/aromatic N) is 7. The van der Waals surface area contributed by atoms with Crippen LogP contribution >= 0.6 is 19.4 Å². The number of halogens is 11. The molecular weight excluding hydrogens is 1250 g/mol. The molecule has 3 amide bonds. The highest BCUT2D eigenvalue weighted by Gasteiger charge is 2.62. The molecule has 0 saturated heterocycles. The molecule has 0 saturated carbocycles. The molecule has 0 radical (unpaired) electrons. The standard InChI is InChI=1S/C49H44ClF10N8O14PS2/c1-46(2,84(3,77)78)15-13-28-7-8-29(40(61-28)34(20-25-18-26(51)21-27(52)19-25)62-35(69)22-66-43-38(42(63-66)49(58,59)60)31-9-11-32(31)48(43,56)57)30-10-12-33(50)39-41(30)67(23-47(53,54)55)64-44(39)68(85(4,79)80)36(70)6-5-16-65(17-14-37(71)72)45(73)81-24-82-83(74,75)76/h7-8,10,12,18-19,21,31-32,34H,5-6,14,16-17,20,22-24H2,1-4H3,(H,62,69)(H,71,72)(H2,74,75,76)/t31-,32+,34-/m0/s1. The highest BCUT2D eigenvalue weighted by atomic mass is 35.5. The van der Waals surface area contributed by atoms with Crippen LogP contribution in [0.1, 0.15) is 79.0 Å². The Bertz CT molecular complexity index is 3940. The third kappa shape index (κ3) is 14.8. The van der Waals surface area contributed by atoms with Gasteiger partial charge in [0, 0.05) is 48.5 Å². The van der Waals surface area contributed by atoms with Crippen LogP contribution in [0.4, 0.5) is 54.5 Å². The van der Waals surface area contributed by atoms with E-state index in [-0.39, 0.29) is 24.9 Å². The number of carbonyl (C=O) groups is 4. The third-order valence-electron chi connectivity index (χ3n) is 12.9. The predicted molar refractivity (Wildman–Crippen MR) is 276 cm³/mol. The molecule has 0 fully saturated rings. The van der Waals surface area contributed by atoms with Crippen LogP contribution < -0.4 is 9.62 Å². The summed E-state index contributed by atoms with van der Waals surface area (Å²) in [6.45, 7) is -3.77. The lowest BCUT2D eigenvalue weighted by atomic mass is 9.84. The van der Waals surface area contributed by atoms with Crippen LogP contribution in [0.15, 0.2) is 42.5 Å². The zero-order valence-electron chi connectivity index (χ0n) is 44.0. The molecule has 4 N–H and O–H groups in total. The SMILES string of the molecule is CC(C)(C#Cc1ccc(-c2ccc(Cl)c3c(N(C(=O)CCCN(CCC(=O)O)C(=O)OCOP(=O)(O)O)S(C)(=O)=O)nn(CC(F)(F)F)c23)c([C@H](Cc2cc(F)cc(F)c2)NC(=O)Cn2nc(C(F)(F)F)c3c2C(F)(F)[C@@H]2C#C[C@H]32)n1)S(C)(=O)=O. The number of amides is 3. The molecule has 0 bridgehead atoms. The number of aliphatic carboxylic acids is 1. The highest BCUT2D eigenvalue weighted by molar-refractivity contribution is 7.93. The van der Waals surface area contributed by atoms with Crippen molar-refractivity contribution in [2.75, 3.05) is 36.7 Å². The summed E-state index contributed by atoms with van der Waals surface area (Å²) in [5.41, 5.74) is -7.01. The number of phosphoric ester groups is 1. The van der Waals surface area contributed by atoms with E-state index in [4.69, 9.17) is 21.4 Å². The summed E-state index contributed by atoms with van der Waals surface area (Å²) in [5, 5.41) is 17.5. The molecule has 458 valence electrons. The van der Waals surface area contributed by atoms with Crippen molar-refractivity contribution in [2.24, 2.45) is 5.92 Å². The van der Waals surface area contributed by atoms with Gasteiger partial charge in [-0.3, -0.25) is 23.7 Å². The number of carboxylic acids is 1. The van der Waals surface area contributed by atoms with Gasteiger partial charge in [0.1, 0.15) is 46.8 Å². The van der Waals surface area contributed by atoms with E-state index in [1.54, 1.807) is 0 Å². The molecule has 36 heteroatoms. The van der Waals surface area contributed by atoms with E-state index in [9.17, 15) is 80.8 Å². The van der Waals surface area contributed by atoms with Gasteiger partial charge in [0.15, 0.2) is 21.3 Å². The summed E-state index contributed by atoms with van der Waals surface area (Å²) in [7, 11) is -14.2. The van der Waals surface area contributed by atoms with Gasteiger partial charge in [-0.25, -0.2) is 44.5 Å². The van der Waals surface area contributed by atoms with Crippen LogP contribution in [-0.4, -0.2) is 128 Å². The van der Waals surface area contributed by atoms with Gasteiger partial charge in [-0.1, -0.05) is 35.4 Å². The number of alkyl halides is 8. The summed E-state index contributed by atoms with van der Waals surface area (Å²) >= 11 is 6.68. The average molecular weight is 1290 g/mol. The number of pyridine rings is 1. The third-order valence-corrected chi connectivity index (χ3v) is 16.7. The van der Waals surface area contributed by atoms with Crippen LogP contribution in [0.2, 0.25) is 5.02 Å². The first kappa shape index (κ1) is 65.2. The second-order valence-electron chi connectivity index (χ2n) is 19.6. The first-order valence-electron chi connectivity index (χ1n) is 24.3. The molecular formula is C49H44ClF10N8O14PS2. The lowest BCUT2D eigenvalue weighted by Gasteiger charge is -2.24. The lowest BCUT2D eigenvalue weighted by Crippen LogP contribution is -2.38. The number of hydrogen-bond acceptors (Lipinski definition) is 14. The summed E-state index contributed by atoms with van der Waals surface area (Å²) in [5.74, 6) is -6.11. The minimum atomic E-state index is -5.35. The number of ether oxygens (including phenoxy) is 1. The van der Waals surface area contributed by atoms with Crippen molar-refractivity contribution in [2.45, 2.75) is 87.6 Å². The maximum atomic E-state index is 15.8. The van der Waals surface area contributed by atoms with Gasteiger partial charge in [0.25, 0.3) is 0 Å². The second kappa shape index (κ2) is 23.9. The number of nitrogens with one attached hydrogen (secondary N) is 1. The van der Waals surface area contributed by atoms with Crippen molar-refractivity contribution in [1.29, 1.82) is 0 Å². The van der Waals surface area contributed by atoms with Gasteiger partial charge >= 0.3 is 38.2 Å². The summed E-state index contributed by atoms with van der Waals surface area (Å²) < 4.78 is 220. The fourth-order valence-electron chi connectivity index (χ4n) is 8.93. The minimum Gasteiger partial charge on any atom is -0.481 e. The summed E-state index contributed by atoms with van der Waals surface area (Å²) in [6, 6.07) is 4.17. The van der Waals surface area contributed by atoms with Gasteiger partial charge in [0.05, 0.1) is 46.3 Å². The Balaban J connectivity index is 1.40. The van der Waals surface area contributed by atoms with E-state index in [2.05, 4.69) is 53.4 Å². The molecule has 2 aliphatic rings. The maximum Gasteiger partial charge on any atom is 0.472 e. The molecule has 2 aromatic carbocycles. The Labute approximate surface area is 479 Å². The van der Waals surface area contributed by atoms with Crippen molar-refractivity contribution in [1.82, 2.24) is 34.8 Å². The number of aromatic nitrogens is 5. The lowest BCUT2D eigenvalue weighted by molar-refractivity contribution is -0.143. The Morgan fingerprint density at radius 2 is 1.58 bits per heavy atom. The number of carboxylic acid groups (broad SMARTS) is 1. The zero-order valence-corrected chi connectivity index (χ0v) is 47.3. The first-order valence-corrected chi connectivity index (χ1v) is 29.9. The molecule has 2 aliphatic carbocycles. The van der Waals surface area contributed by atoms with E-state index in [0.717, 1.165) is 42.7 Å². The van der Waals surface area contributed by atoms with Crippen LogP contribution in [-0.2, 0) is 79.7 Å². The Kier molecular flexibility index (Phi) is 18.3. The number of benzene rings is 2. The summed E-state index contributed by atoms with van der Waals surface area (Å²) in [6.07, 6.45) is -13.8. The first-order chi connectivity index (χ1) is 39.1. The summed E-state index contributed by atoms with van der Waals surface area (Å²) in [4.78, 5) is 75.5. The van der Waals surface area contributed by atoms with Crippen LogP contribution in [0.25, 0.3) is 22.0 Å². The molecule has 3 heterocycles. The number of anilines is 1. The topological polar surface area (TPSA) is 300 Å². The van der Waals surface area contributed by atoms with Crippen molar-refractivity contribution < 1.29 is 109 Å². The molecule has 5 aromatic rings. The Hall–Kier alpha value is -7.33. The number of sulfonamides is 1. The van der Waals surface area contributed by atoms with Crippen LogP contribution in [0.3, 0.4) is 0 Å². The molecule has 3 atom stereocenters. The van der Waals surface area contributed by atoms with Crippen LogP contribution in [0, 0.1) is 41.2 Å². The Morgan fingerprint density at radius 1 is 0.929 bits per heavy atom. The number of sulfone groups is 1. The number of fused-ring (bicyclic) bond motifs is 4. The number of carbonyl (C=O) groups excluding carboxylic acids is 3. The quantitative estimate of drug-likeness (QED) is 0.0250. The molecule has 22 nitrogen and oxygen atoms in total. The smallest absolute Gasteiger partial charge is 0.472 e. The average Bonchev–Trinajstić information content (AvgIpc) is 1.58. The van der Waals surface area contributed by atoms with E-state index in [1.807, 2.05) is 0 Å².